The number of hydrogen-bond acceptors (Lipinski definition) is 4. The van der Waals surface area contributed by atoms with Crippen molar-refractivity contribution in [1.29, 1.82) is 0 Å². The summed E-state index contributed by atoms with van der Waals surface area (Å²) >= 11 is 0. The highest BCUT2D eigenvalue weighted by Gasteiger charge is 2.11. The predicted molar refractivity (Wildman–Crippen MR) is 86.4 cm³/mol. The molecule has 1 aromatic carbocycles. The largest absolute Gasteiger partial charge is 0.310 e. The van der Waals surface area contributed by atoms with Crippen LogP contribution in [-0.2, 0) is 17.6 Å². The third-order valence-corrected chi connectivity index (χ3v) is 3.45. The summed E-state index contributed by atoms with van der Waals surface area (Å²) in [7, 11) is 0. The second kappa shape index (κ2) is 6.43. The van der Waals surface area contributed by atoms with Crippen molar-refractivity contribution in [1.82, 2.24) is 19.6 Å². The zero-order valence-electron chi connectivity index (χ0n) is 12.7. The topological polar surface area (TPSA) is 92.1 Å². The number of hydrogen-bond donors (Lipinski definition) is 2. The number of rotatable bonds is 5. The minimum atomic E-state index is -0.328. The molecule has 0 aliphatic rings. The molecule has 7 nitrogen and oxygen atoms in total. The SMILES string of the molecule is CCC(=O)Nc1cc(=O)[nH]c2nc(CCc3ccccc3)nn12. The van der Waals surface area contributed by atoms with Crippen LogP contribution in [0, 0.1) is 0 Å². The molecule has 3 rings (SSSR count). The number of fused-ring (bicyclic) bond motifs is 1. The Balaban J connectivity index is 1.87. The molecule has 2 N–H and O–H groups in total. The Morgan fingerprint density at radius 1 is 1.26 bits per heavy atom. The van der Waals surface area contributed by atoms with Gasteiger partial charge < -0.3 is 5.32 Å². The first-order valence-electron chi connectivity index (χ1n) is 7.48. The molecule has 0 saturated carbocycles. The lowest BCUT2D eigenvalue weighted by molar-refractivity contribution is -0.115. The lowest BCUT2D eigenvalue weighted by atomic mass is 10.1. The molecule has 2 heterocycles. The minimum absolute atomic E-state index is 0.182. The van der Waals surface area contributed by atoms with E-state index in [0.29, 0.717) is 30.3 Å². The Labute approximate surface area is 132 Å². The quantitative estimate of drug-likeness (QED) is 0.748. The molecule has 3 aromatic rings. The number of nitrogens with zero attached hydrogens (tertiary/aromatic N) is 3. The van der Waals surface area contributed by atoms with Gasteiger partial charge in [-0.1, -0.05) is 37.3 Å². The van der Waals surface area contributed by atoms with Crippen molar-refractivity contribution < 1.29 is 4.79 Å². The maximum absolute atomic E-state index is 11.7. The van der Waals surface area contributed by atoms with Crippen LogP contribution in [-0.4, -0.2) is 25.5 Å². The maximum Gasteiger partial charge on any atom is 0.254 e. The summed E-state index contributed by atoms with van der Waals surface area (Å²) < 4.78 is 1.45. The van der Waals surface area contributed by atoms with Gasteiger partial charge in [-0.25, -0.2) is 0 Å². The number of carbonyl (C=O) groups excluding carboxylic acids is 1. The van der Waals surface area contributed by atoms with E-state index in [2.05, 4.69) is 20.4 Å². The van der Waals surface area contributed by atoms with Gasteiger partial charge in [0.05, 0.1) is 0 Å². The summed E-state index contributed by atoms with van der Waals surface area (Å²) in [6.45, 7) is 1.74. The van der Waals surface area contributed by atoms with Crippen LogP contribution < -0.4 is 10.9 Å². The average molecular weight is 311 g/mol. The second-order valence-corrected chi connectivity index (χ2v) is 5.17. The summed E-state index contributed by atoms with van der Waals surface area (Å²) in [6.07, 6.45) is 1.78. The van der Waals surface area contributed by atoms with Crippen LogP contribution >= 0.6 is 0 Å². The number of anilines is 1. The lowest BCUT2D eigenvalue weighted by Crippen LogP contribution is -2.17. The molecular weight excluding hydrogens is 294 g/mol. The molecule has 23 heavy (non-hydrogen) atoms. The third kappa shape index (κ3) is 3.45. The van der Waals surface area contributed by atoms with E-state index in [1.165, 1.54) is 16.1 Å². The molecule has 0 saturated heterocycles. The fourth-order valence-electron chi connectivity index (χ4n) is 2.26. The Hall–Kier alpha value is -2.96. The Bertz CT molecular complexity index is 882. The van der Waals surface area contributed by atoms with Crippen LogP contribution in [0.3, 0.4) is 0 Å². The van der Waals surface area contributed by atoms with E-state index >= 15 is 0 Å². The molecule has 118 valence electrons. The monoisotopic (exact) mass is 311 g/mol. The number of aryl methyl sites for hydroxylation is 2. The third-order valence-electron chi connectivity index (χ3n) is 3.45. The summed E-state index contributed by atoms with van der Waals surface area (Å²) in [5, 5.41) is 7.04. The van der Waals surface area contributed by atoms with E-state index in [0.717, 1.165) is 6.42 Å². The van der Waals surface area contributed by atoms with E-state index in [9.17, 15) is 9.59 Å². The molecule has 0 radical (unpaired) electrons. The highest BCUT2D eigenvalue weighted by atomic mass is 16.1. The lowest BCUT2D eigenvalue weighted by Gasteiger charge is -2.04. The van der Waals surface area contributed by atoms with Crippen molar-refractivity contribution in [3.8, 4) is 0 Å². The van der Waals surface area contributed by atoms with Crippen LogP contribution in [0.5, 0.6) is 0 Å². The molecule has 7 heteroatoms. The zero-order chi connectivity index (χ0) is 16.2. The summed E-state index contributed by atoms with van der Waals surface area (Å²) in [5.74, 6) is 1.09. The van der Waals surface area contributed by atoms with Crippen molar-refractivity contribution >= 4 is 17.5 Å². The van der Waals surface area contributed by atoms with Crippen LogP contribution in [0.2, 0.25) is 0 Å². The Kier molecular flexibility index (Phi) is 4.18. The van der Waals surface area contributed by atoms with E-state index in [1.54, 1.807) is 6.92 Å². The number of aromatic nitrogens is 4. The van der Waals surface area contributed by atoms with Gasteiger partial charge in [-0.05, 0) is 12.0 Å². The standard InChI is InChI=1S/C16H17N5O2/c1-2-14(22)18-13-10-15(23)19-16-17-12(20-21(13)16)9-8-11-6-4-3-5-7-11/h3-7,10H,2,8-9H2,1H3,(H,18,22)(H,17,19,20,23). The second-order valence-electron chi connectivity index (χ2n) is 5.17. The molecule has 0 aliphatic heterocycles. The molecule has 0 atom stereocenters. The van der Waals surface area contributed by atoms with E-state index < -0.39 is 0 Å². The predicted octanol–water partition coefficient (Wildman–Crippen LogP) is 1.55. The van der Waals surface area contributed by atoms with Gasteiger partial charge in [0, 0.05) is 18.9 Å². The number of amides is 1. The van der Waals surface area contributed by atoms with Crippen LogP contribution in [0.25, 0.3) is 5.78 Å². The van der Waals surface area contributed by atoms with E-state index in [4.69, 9.17) is 0 Å². The first-order chi connectivity index (χ1) is 11.2. The van der Waals surface area contributed by atoms with Crippen molar-refractivity contribution in [3.05, 3.63) is 58.1 Å². The summed E-state index contributed by atoms with van der Waals surface area (Å²) in [6, 6.07) is 11.3. The van der Waals surface area contributed by atoms with Gasteiger partial charge in [0.1, 0.15) is 5.82 Å². The number of aromatic amines is 1. The number of benzene rings is 1. The first kappa shape index (κ1) is 15.0. The number of H-pyrrole nitrogens is 1. The van der Waals surface area contributed by atoms with Gasteiger partial charge in [-0.3, -0.25) is 14.6 Å². The zero-order valence-corrected chi connectivity index (χ0v) is 12.7. The van der Waals surface area contributed by atoms with Gasteiger partial charge >= 0.3 is 0 Å². The number of nitrogens with one attached hydrogen (secondary N) is 2. The van der Waals surface area contributed by atoms with Gasteiger partial charge in [-0.15, -0.1) is 5.10 Å². The summed E-state index contributed by atoms with van der Waals surface area (Å²) in [4.78, 5) is 30.2. The van der Waals surface area contributed by atoms with Crippen LogP contribution in [0.4, 0.5) is 5.82 Å². The van der Waals surface area contributed by atoms with Crippen molar-refractivity contribution in [2.24, 2.45) is 0 Å². The molecule has 0 bridgehead atoms. The normalized spacial score (nSPS) is 10.8. The number of carbonyl (C=O) groups is 1. The van der Waals surface area contributed by atoms with E-state index in [1.807, 2.05) is 30.3 Å². The van der Waals surface area contributed by atoms with Crippen molar-refractivity contribution in [3.63, 3.8) is 0 Å². The molecule has 0 spiro atoms. The fourth-order valence-corrected chi connectivity index (χ4v) is 2.26. The smallest absolute Gasteiger partial charge is 0.254 e. The van der Waals surface area contributed by atoms with Gasteiger partial charge in [-0.2, -0.15) is 9.50 Å². The Morgan fingerprint density at radius 2 is 2.04 bits per heavy atom. The molecule has 0 aliphatic carbocycles. The molecule has 2 aromatic heterocycles. The maximum atomic E-state index is 11.7. The van der Waals surface area contributed by atoms with Gasteiger partial charge in [0.2, 0.25) is 11.7 Å². The summed E-state index contributed by atoms with van der Waals surface area (Å²) in [5.41, 5.74) is 0.866. The highest BCUT2D eigenvalue weighted by molar-refractivity contribution is 5.89. The fraction of sp³-hybridized carbons (Fsp3) is 0.250. The first-order valence-corrected chi connectivity index (χ1v) is 7.48. The van der Waals surface area contributed by atoms with Gasteiger partial charge in [0.25, 0.3) is 5.56 Å². The Morgan fingerprint density at radius 3 is 2.78 bits per heavy atom. The molecular formula is C16H17N5O2. The van der Waals surface area contributed by atoms with Crippen LogP contribution in [0.1, 0.15) is 24.7 Å². The minimum Gasteiger partial charge on any atom is -0.310 e. The molecule has 1 amide bonds. The van der Waals surface area contributed by atoms with Crippen molar-refractivity contribution in [2.45, 2.75) is 26.2 Å². The highest BCUT2D eigenvalue weighted by Crippen LogP contribution is 2.09. The molecule has 0 unspecified atom stereocenters. The van der Waals surface area contributed by atoms with Gasteiger partial charge in [0.15, 0.2) is 5.82 Å². The van der Waals surface area contributed by atoms with E-state index in [-0.39, 0.29) is 11.5 Å². The molecule has 0 fully saturated rings. The van der Waals surface area contributed by atoms with Crippen molar-refractivity contribution in [2.75, 3.05) is 5.32 Å². The van der Waals surface area contributed by atoms with Crippen LogP contribution in [0.15, 0.2) is 41.2 Å². The average Bonchev–Trinajstić information content (AvgIpc) is 2.96.